The topological polar surface area (TPSA) is 69.1 Å². The molecule has 0 aliphatic carbocycles. The number of hydrogen-bond acceptors (Lipinski definition) is 2. The van der Waals surface area contributed by atoms with Gasteiger partial charge in [-0.15, -0.1) is 12.4 Å². The molecule has 0 radical (unpaired) electrons. The summed E-state index contributed by atoms with van der Waals surface area (Å²) in [5, 5.41) is 0. The van der Waals surface area contributed by atoms with Gasteiger partial charge in [-0.2, -0.15) is 0 Å². The lowest BCUT2D eigenvalue weighted by Gasteiger charge is -2.02. The van der Waals surface area contributed by atoms with E-state index in [1.165, 1.54) is 0 Å². The molecule has 0 rings (SSSR count). The summed E-state index contributed by atoms with van der Waals surface area (Å²) in [6, 6.07) is -0.0486. The van der Waals surface area contributed by atoms with E-state index >= 15 is 0 Å². The summed E-state index contributed by atoms with van der Waals surface area (Å²) in [6.07, 6.45) is 1.11. The molecule has 0 saturated heterocycles. The van der Waals surface area contributed by atoms with Crippen LogP contribution < -0.4 is 11.5 Å². The number of rotatable bonds is 3. The number of carbonyl (C=O) groups is 1. The molecule has 56 valence electrons. The normalized spacial score (nSPS) is 11.8. The van der Waals surface area contributed by atoms with Crippen LogP contribution in [-0.2, 0) is 4.79 Å². The Bertz CT molecular complexity index is 87.0. The largest absolute Gasteiger partial charge is 0.370 e. The zero-order chi connectivity index (χ0) is 6.57. The Morgan fingerprint density at radius 1 is 1.67 bits per heavy atom. The molecule has 0 aromatic carbocycles. The predicted molar refractivity (Wildman–Crippen MR) is 39.3 cm³/mol. The highest BCUT2D eigenvalue weighted by molar-refractivity contribution is 5.85. The molecule has 0 heterocycles. The fraction of sp³-hybridized carbons (Fsp3) is 0.800. The average Bonchev–Trinajstić information content (AvgIpc) is 1.65. The van der Waals surface area contributed by atoms with E-state index in [0.717, 1.165) is 6.42 Å². The monoisotopic (exact) mass is 152 g/mol. The number of amides is 1. The van der Waals surface area contributed by atoms with Crippen LogP contribution in [0.15, 0.2) is 0 Å². The first-order valence-corrected chi connectivity index (χ1v) is 2.70. The highest BCUT2D eigenvalue weighted by atomic mass is 35.5. The third-order valence-corrected chi connectivity index (χ3v) is 0.988. The molecule has 0 fully saturated rings. The second-order valence-corrected chi connectivity index (χ2v) is 1.84. The van der Waals surface area contributed by atoms with E-state index in [1.54, 1.807) is 0 Å². The van der Waals surface area contributed by atoms with Crippen molar-refractivity contribution < 1.29 is 4.79 Å². The number of carbonyl (C=O) groups excluding carboxylic acids is 1. The molecule has 0 aliphatic heterocycles. The first-order chi connectivity index (χ1) is 3.66. The van der Waals surface area contributed by atoms with Crippen molar-refractivity contribution in [3.63, 3.8) is 0 Å². The maximum atomic E-state index is 10.1. The molecule has 0 spiro atoms. The summed E-state index contributed by atoms with van der Waals surface area (Å²) >= 11 is 0. The van der Waals surface area contributed by atoms with Gasteiger partial charge < -0.3 is 11.5 Å². The fourth-order valence-corrected chi connectivity index (χ4v) is 0.403. The van der Waals surface area contributed by atoms with Crippen molar-refractivity contribution in [1.29, 1.82) is 0 Å². The van der Waals surface area contributed by atoms with Crippen LogP contribution >= 0.6 is 12.4 Å². The summed E-state index contributed by atoms with van der Waals surface area (Å²) < 4.78 is 0. The van der Waals surface area contributed by atoms with Gasteiger partial charge in [-0.1, -0.05) is 6.92 Å². The van der Waals surface area contributed by atoms with Crippen molar-refractivity contribution in [3.8, 4) is 0 Å². The average molecular weight is 153 g/mol. The second-order valence-electron chi connectivity index (χ2n) is 1.84. The van der Waals surface area contributed by atoms with Crippen LogP contribution in [0, 0.1) is 0 Å². The van der Waals surface area contributed by atoms with Gasteiger partial charge in [-0.05, 0) is 6.42 Å². The van der Waals surface area contributed by atoms with Crippen molar-refractivity contribution in [3.05, 3.63) is 0 Å². The van der Waals surface area contributed by atoms with Crippen molar-refractivity contribution >= 4 is 18.3 Å². The molecule has 4 heteroatoms. The van der Waals surface area contributed by atoms with E-state index in [4.69, 9.17) is 11.5 Å². The van der Waals surface area contributed by atoms with Crippen LogP contribution in [0.5, 0.6) is 0 Å². The van der Waals surface area contributed by atoms with Gasteiger partial charge in [0.25, 0.3) is 0 Å². The lowest BCUT2D eigenvalue weighted by molar-refractivity contribution is -0.118. The van der Waals surface area contributed by atoms with Gasteiger partial charge in [0.15, 0.2) is 0 Å². The van der Waals surface area contributed by atoms with E-state index in [0.29, 0.717) is 6.42 Å². The molecular weight excluding hydrogens is 140 g/mol. The molecular formula is C5H13ClN2O. The first kappa shape index (κ1) is 11.5. The van der Waals surface area contributed by atoms with Crippen molar-refractivity contribution in [2.45, 2.75) is 25.8 Å². The number of halogens is 1. The Labute approximate surface area is 61.2 Å². The Morgan fingerprint density at radius 2 is 2.11 bits per heavy atom. The van der Waals surface area contributed by atoms with E-state index < -0.39 is 0 Å². The molecule has 0 aromatic heterocycles. The van der Waals surface area contributed by atoms with Gasteiger partial charge >= 0.3 is 0 Å². The second kappa shape index (κ2) is 5.85. The van der Waals surface area contributed by atoms with E-state index in [1.807, 2.05) is 6.92 Å². The lowest BCUT2D eigenvalue weighted by Crippen LogP contribution is -2.26. The molecule has 9 heavy (non-hydrogen) atoms. The first-order valence-electron chi connectivity index (χ1n) is 2.70. The smallest absolute Gasteiger partial charge is 0.218 e. The van der Waals surface area contributed by atoms with Crippen LogP contribution in [0.4, 0.5) is 0 Å². The van der Waals surface area contributed by atoms with Crippen LogP contribution in [0.1, 0.15) is 19.8 Å². The molecule has 0 aliphatic rings. The third kappa shape index (κ3) is 7.72. The van der Waals surface area contributed by atoms with Gasteiger partial charge in [0.1, 0.15) is 0 Å². The Hall–Kier alpha value is -0.280. The summed E-state index contributed by atoms with van der Waals surface area (Å²) in [7, 11) is 0. The van der Waals surface area contributed by atoms with Gasteiger partial charge in [0.2, 0.25) is 5.91 Å². The Kier molecular flexibility index (Phi) is 7.48. The highest BCUT2D eigenvalue weighted by Gasteiger charge is 2.01. The minimum Gasteiger partial charge on any atom is -0.370 e. The number of nitrogens with two attached hydrogens (primary N) is 2. The third-order valence-electron chi connectivity index (χ3n) is 0.988. The molecule has 0 bridgehead atoms. The zero-order valence-corrected chi connectivity index (χ0v) is 6.28. The Balaban J connectivity index is 0. The van der Waals surface area contributed by atoms with E-state index in [-0.39, 0.29) is 24.4 Å². The van der Waals surface area contributed by atoms with Gasteiger partial charge in [-0.3, -0.25) is 4.79 Å². The lowest BCUT2D eigenvalue weighted by atomic mass is 10.2. The summed E-state index contributed by atoms with van der Waals surface area (Å²) in [6.45, 7) is 1.92. The molecule has 0 aromatic rings. The van der Waals surface area contributed by atoms with Gasteiger partial charge in [0, 0.05) is 12.5 Å². The fourth-order valence-electron chi connectivity index (χ4n) is 0.403. The van der Waals surface area contributed by atoms with Gasteiger partial charge in [-0.25, -0.2) is 0 Å². The SMILES string of the molecule is CCC(N)CC(N)=O.Cl. The van der Waals surface area contributed by atoms with E-state index in [9.17, 15) is 4.79 Å². The van der Waals surface area contributed by atoms with Crippen LogP contribution in [0.25, 0.3) is 0 Å². The summed E-state index contributed by atoms with van der Waals surface area (Å²) in [4.78, 5) is 10.1. The minimum absolute atomic E-state index is 0. The highest BCUT2D eigenvalue weighted by Crippen LogP contribution is 1.89. The predicted octanol–water partition coefficient (Wildman–Crippen LogP) is 0.0209. The molecule has 1 amide bonds. The van der Waals surface area contributed by atoms with Crippen molar-refractivity contribution in [1.82, 2.24) is 0 Å². The number of primary amides is 1. The quantitative estimate of drug-likeness (QED) is 0.599. The Morgan fingerprint density at radius 3 is 2.22 bits per heavy atom. The maximum absolute atomic E-state index is 10.1. The standard InChI is InChI=1S/C5H12N2O.ClH/c1-2-4(6)3-5(7)8;/h4H,2-3,6H2,1H3,(H2,7,8);1H. The molecule has 1 atom stereocenters. The zero-order valence-electron chi connectivity index (χ0n) is 5.46. The molecule has 1 unspecified atom stereocenters. The van der Waals surface area contributed by atoms with Crippen LogP contribution in [0.2, 0.25) is 0 Å². The maximum Gasteiger partial charge on any atom is 0.218 e. The molecule has 3 nitrogen and oxygen atoms in total. The van der Waals surface area contributed by atoms with Gasteiger partial charge in [0.05, 0.1) is 0 Å². The minimum atomic E-state index is -0.320. The summed E-state index contributed by atoms with van der Waals surface area (Å²) in [5.41, 5.74) is 10.2. The summed E-state index contributed by atoms with van der Waals surface area (Å²) in [5.74, 6) is -0.320. The van der Waals surface area contributed by atoms with Crippen LogP contribution in [-0.4, -0.2) is 11.9 Å². The van der Waals surface area contributed by atoms with Crippen molar-refractivity contribution in [2.75, 3.05) is 0 Å². The molecule has 4 N–H and O–H groups in total. The molecule has 0 saturated carbocycles. The van der Waals surface area contributed by atoms with E-state index in [2.05, 4.69) is 0 Å². The number of hydrogen-bond donors (Lipinski definition) is 2. The van der Waals surface area contributed by atoms with Crippen molar-refractivity contribution in [2.24, 2.45) is 11.5 Å². The van der Waals surface area contributed by atoms with Crippen LogP contribution in [0.3, 0.4) is 0 Å².